The van der Waals surface area contributed by atoms with Gasteiger partial charge in [-0.15, -0.1) is 5.10 Å². The van der Waals surface area contributed by atoms with Crippen LogP contribution in [0.5, 0.6) is 0 Å². The Hall–Kier alpha value is -3.16. The molecule has 4 rings (SSSR count). The maximum absolute atomic E-state index is 12.4. The molecule has 1 aliphatic rings. The summed E-state index contributed by atoms with van der Waals surface area (Å²) in [4.78, 5) is 22.8. The molecule has 1 atom stereocenters. The number of fused-ring (bicyclic) bond motifs is 1. The molecule has 3 aromatic rings. The zero-order chi connectivity index (χ0) is 18.1. The Kier molecular flexibility index (Phi) is 4.16. The molecule has 4 heterocycles. The van der Waals surface area contributed by atoms with Crippen LogP contribution < -0.4 is 10.6 Å². The molecule has 0 aromatic carbocycles. The molecule has 8 nitrogen and oxygen atoms in total. The normalized spacial score (nSPS) is 16.8. The van der Waals surface area contributed by atoms with Crippen LogP contribution in [0.4, 0.5) is 16.4 Å². The second-order valence-electron chi connectivity index (χ2n) is 6.63. The SMILES string of the molecule is Cc1ccnc(NC(=O)N2CCC(Nc3ccc4nc(C)cn4n3)C2)c1. The lowest BCUT2D eigenvalue weighted by atomic mass is 10.2. The van der Waals surface area contributed by atoms with Gasteiger partial charge in [-0.1, -0.05) is 0 Å². The fraction of sp³-hybridized carbons (Fsp3) is 0.333. The third-order valence-electron chi connectivity index (χ3n) is 4.42. The molecule has 1 aliphatic heterocycles. The predicted octanol–water partition coefficient (Wildman–Crippen LogP) is 2.46. The molecule has 1 saturated heterocycles. The van der Waals surface area contributed by atoms with E-state index in [0.29, 0.717) is 18.9 Å². The highest BCUT2D eigenvalue weighted by Crippen LogP contribution is 2.16. The molecule has 1 unspecified atom stereocenters. The van der Waals surface area contributed by atoms with E-state index in [9.17, 15) is 4.79 Å². The maximum Gasteiger partial charge on any atom is 0.323 e. The third-order valence-corrected chi connectivity index (χ3v) is 4.42. The lowest BCUT2D eigenvalue weighted by molar-refractivity contribution is 0.222. The first kappa shape index (κ1) is 16.3. The van der Waals surface area contributed by atoms with Gasteiger partial charge in [0.1, 0.15) is 11.6 Å². The van der Waals surface area contributed by atoms with Crippen molar-refractivity contribution < 1.29 is 4.79 Å². The number of likely N-dealkylation sites (tertiary alicyclic amines) is 1. The first-order valence-electron chi connectivity index (χ1n) is 8.65. The van der Waals surface area contributed by atoms with Gasteiger partial charge in [0.15, 0.2) is 5.65 Å². The summed E-state index contributed by atoms with van der Waals surface area (Å²) in [6.07, 6.45) is 4.46. The molecular formula is C18H21N7O. The van der Waals surface area contributed by atoms with E-state index in [0.717, 1.165) is 29.1 Å². The van der Waals surface area contributed by atoms with Crippen molar-refractivity contribution in [1.82, 2.24) is 24.5 Å². The number of nitrogens with zero attached hydrogens (tertiary/aromatic N) is 5. The molecule has 1 fully saturated rings. The van der Waals surface area contributed by atoms with Gasteiger partial charge in [-0.05, 0) is 50.1 Å². The fourth-order valence-corrected chi connectivity index (χ4v) is 3.14. The van der Waals surface area contributed by atoms with Gasteiger partial charge in [0.05, 0.1) is 11.9 Å². The number of nitrogens with one attached hydrogen (secondary N) is 2. The maximum atomic E-state index is 12.4. The summed E-state index contributed by atoms with van der Waals surface area (Å²) in [6, 6.07) is 7.65. The van der Waals surface area contributed by atoms with E-state index in [2.05, 4.69) is 25.7 Å². The number of imidazole rings is 1. The van der Waals surface area contributed by atoms with Crippen molar-refractivity contribution in [3.05, 3.63) is 47.9 Å². The fourth-order valence-electron chi connectivity index (χ4n) is 3.14. The zero-order valence-electron chi connectivity index (χ0n) is 14.8. The molecule has 3 aromatic heterocycles. The number of aryl methyl sites for hydroxylation is 2. The summed E-state index contributed by atoms with van der Waals surface area (Å²) in [5, 5.41) is 10.8. The summed E-state index contributed by atoms with van der Waals surface area (Å²) >= 11 is 0. The van der Waals surface area contributed by atoms with Crippen molar-refractivity contribution >= 4 is 23.3 Å². The quantitative estimate of drug-likeness (QED) is 0.757. The average Bonchev–Trinajstić information content (AvgIpc) is 3.20. The van der Waals surface area contributed by atoms with E-state index < -0.39 is 0 Å². The number of amides is 2. The van der Waals surface area contributed by atoms with Crippen LogP contribution in [0.15, 0.2) is 36.7 Å². The lowest BCUT2D eigenvalue weighted by Crippen LogP contribution is -2.35. The highest BCUT2D eigenvalue weighted by Gasteiger charge is 2.26. The van der Waals surface area contributed by atoms with Gasteiger partial charge in [0.25, 0.3) is 0 Å². The van der Waals surface area contributed by atoms with Crippen LogP contribution in [0.2, 0.25) is 0 Å². The molecule has 2 amide bonds. The molecule has 0 bridgehead atoms. The largest absolute Gasteiger partial charge is 0.364 e. The third kappa shape index (κ3) is 3.44. The van der Waals surface area contributed by atoms with Crippen LogP contribution in [0.3, 0.4) is 0 Å². The summed E-state index contributed by atoms with van der Waals surface area (Å²) in [5.41, 5.74) is 2.82. The molecule has 26 heavy (non-hydrogen) atoms. The number of aromatic nitrogens is 4. The van der Waals surface area contributed by atoms with Crippen molar-refractivity contribution in [3.63, 3.8) is 0 Å². The van der Waals surface area contributed by atoms with Crippen molar-refractivity contribution in [2.75, 3.05) is 23.7 Å². The van der Waals surface area contributed by atoms with E-state index >= 15 is 0 Å². The summed E-state index contributed by atoms with van der Waals surface area (Å²) in [7, 11) is 0. The summed E-state index contributed by atoms with van der Waals surface area (Å²) in [6.45, 7) is 5.24. The van der Waals surface area contributed by atoms with Gasteiger partial charge >= 0.3 is 6.03 Å². The van der Waals surface area contributed by atoms with Crippen LogP contribution in [0.1, 0.15) is 17.7 Å². The number of urea groups is 1. The van der Waals surface area contributed by atoms with Crippen LogP contribution in [0, 0.1) is 13.8 Å². The van der Waals surface area contributed by atoms with Gasteiger partial charge in [-0.3, -0.25) is 5.32 Å². The molecule has 0 aliphatic carbocycles. The average molecular weight is 351 g/mol. The van der Waals surface area contributed by atoms with Crippen LogP contribution >= 0.6 is 0 Å². The first-order chi connectivity index (χ1) is 12.6. The highest BCUT2D eigenvalue weighted by atomic mass is 16.2. The number of anilines is 2. The number of rotatable bonds is 3. The Morgan fingerprint density at radius 2 is 2.12 bits per heavy atom. The molecule has 2 N–H and O–H groups in total. The smallest absolute Gasteiger partial charge is 0.323 e. The van der Waals surface area contributed by atoms with E-state index in [-0.39, 0.29) is 12.1 Å². The molecule has 8 heteroatoms. The highest BCUT2D eigenvalue weighted by molar-refractivity contribution is 5.88. The predicted molar refractivity (Wildman–Crippen MR) is 99.3 cm³/mol. The number of hydrogen-bond donors (Lipinski definition) is 2. The standard InChI is InChI=1S/C18H21N7O/c1-12-5-7-19-16(9-12)22-18(26)24-8-6-14(11-24)21-15-3-4-17-20-13(2)10-25(17)23-15/h3-5,7,9-10,14H,6,8,11H2,1-2H3,(H,21,23)(H,19,22,26). The van der Waals surface area contributed by atoms with E-state index in [1.807, 2.05) is 44.3 Å². The minimum Gasteiger partial charge on any atom is -0.364 e. The van der Waals surface area contributed by atoms with Gasteiger partial charge in [-0.25, -0.2) is 19.3 Å². The van der Waals surface area contributed by atoms with Crippen LogP contribution in [-0.4, -0.2) is 49.6 Å². The van der Waals surface area contributed by atoms with Crippen molar-refractivity contribution in [1.29, 1.82) is 0 Å². The van der Waals surface area contributed by atoms with Crippen LogP contribution in [0.25, 0.3) is 5.65 Å². The minimum absolute atomic E-state index is 0.124. The van der Waals surface area contributed by atoms with Gasteiger partial charge < -0.3 is 10.2 Å². The zero-order valence-corrected chi connectivity index (χ0v) is 14.8. The number of pyridine rings is 1. The topological polar surface area (TPSA) is 87.5 Å². The van der Waals surface area contributed by atoms with Gasteiger partial charge in [0, 0.05) is 25.3 Å². The Balaban J connectivity index is 1.37. The van der Waals surface area contributed by atoms with Crippen molar-refractivity contribution in [2.45, 2.75) is 26.3 Å². The molecule has 0 radical (unpaired) electrons. The van der Waals surface area contributed by atoms with E-state index in [4.69, 9.17) is 0 Å². The van der Waals surface area contributed by atoms with E-state index in [1.165, 1.54) is 0 Å². The number of hydrogen-bond acceptors (Lipinski definition) is 5. The minimum atomic E-state index is -0.124. The molecule has 134 valence electrons. The Morgan fingerprint density at radius 1 is 1.23 bits per heavy atom. The lowest BCUT2D eigenvalue weighted by Gasteiger charge is -2.18. The second-order valence-corrected chi connectivity index (χ2v) is 6.63. The Labute approximate surface area is 151 Å². The Morgan fingerprint density at radius 3 is 2.96 bits per heavy atom. The second kappa shape index (κ2) is 6.62. The first-order valence-corrected chi connectivity index (χ1v) is 8.65. The van der Waals surface area contributed by atoms with Gasteiger partial charge in [0.2, 0.25) is 0 Å². The molecular weight excluding hydrogens is 330 g/mol. The Bertz CT molecular complexity index is 952. The molecule has 0 spiro atoms. The van der Waals surface area contributed by atoms with Crippen molar-refractivity contribution in [2.24, 2.45) is 0 Å². The van der Waals surface area contributed by atoms with Crippen LogP contribution in [-0.2, 0) is 0 Å². The number of carbonyl (C=O) groups excluding carboxylic acids is 1. The monoisotopic (exact) mass is 351 g/mol. The summed E-state index contributed by atoms with van der Waals surface area (Å²) < 4.78 is 1.76. The number of carbonyl (C=O) groups is 1. The summed E-state index contributed by atoms with van der Waals surface area (Å²) in [5.74, 6) is 1.36. The van der Waals surface area contributed by atoms with E-state index in [1.54, 1.807) is 15.6 Å². The van der Waals surface area contributed by atoms with Crippen molar-refractivity contribution in [3.8, 4) is 0 Å². The van der Waals surface area contributed by atoms with Gasteiger partial charge in [-0.2, -0.15) is 0 Å². The molecule has 0 saturated carbocycles.